The minimum Gasteiger partial charge on any atom is -0.294 e. The lowest BCUT2D eigenvalue weighted by Gasteiger charge is -2.09. The monoisotopic (exact) mass is 264 g/mol. The van der Waals surface area contributed by atoms with Gasteiger partial charge in [0.1, 0.15) is 0 Å². The Balaban J connectivity index is 3.35. The van der Waals surface area contributed by atoms with E-state index < -0.39 is 0 Å². The fourth-order valence-electron chi connectivity index (χ4n) is 1.12. The molecule has 0 saturated carbocycles. The van der Waals surface area contributed by atoms with Gasteiger partial charge in [0.05, 0.1) is 10.2 Å². The van der Waals surface area contributed by atoms with Crippen LogP contribution in [0.1, 0.15) is 11.4 Å². The maximum absolute atomic E-state index is 11.4. The molecule has 0 atom stereocenters. The molecule has 1 heterocycles. The van der Waals surface area contributed by atoms with Gasteiger partial charge in [0.25, 0.3) is 0 Å². The van der Waals surface area contributed by atoms with Crippen LogP contribution in [0.25, 0.3) is 0 Å². The summed E-state index contributed by atoms with van der Waals surface area (Å²) in [5, 5.41) is 0. The maximum Gasteiger partial charge on any atom is 0.348 e. The number of halogens is 2. The quantitative estimate of drug-likeness (QED) is 0.765. The standard InChI is InChI=1S/C8H10BrClN2O/c1-5-7(9)6(2)12(4-3-10)8(13)11-5/h3-4H2,1-2H3. The Morgan fingerprint density at radius 3 is 2.69 bits per heavy atom. The second-order valence-corrected chi connectivity index (χ2v) is 3.89. The zero-order valence-corrected chi connectivity index (χ0v) is 9.81. The van der Waals surface area contributed by atoms with Crippen LogP contribution in [0, 0.1) is 13.8 Å². The Bertz CT molecular complexity index is 375. The van der Waals surface area contributed by atoms with Crippen molar-refractivity contribution in [3.05, 3.63) is 26.3 Å². The summed E-state index contributed by atoms with van der Waals surface area (Å²) in [6.45, 7) is 4.16. The number of alkyl halides is 1. The van der Waals surface area contributed by atoms with Gasteiger partial charge in [0.15, 0.2) is 0 Å². The summed E-state index contributed by atoms with van der Waals surface area (Å²) < 4.78 is 2.43. The molecule has 1 aromatic rings. The van der Waals surface area contributed by atoms with Crippen LogP contribution in [-0.2, 0) is 6.54 Å². The molecule has 0 amide bonds. The Morgan fingerprint density at radius 2 is 2.15 bits per heavy atom. The molecular formula is C8H10BrClN2O. The van der Waals surface area contributed by atoms with Crippen LogP contribution in [0.4, 0.5) is 0 Å². The largest absolute Gasteiger partial charge is 0.348 e. The fraction of sp³-hybridized carbons (Fsp3) is 0.500. The molecule has 0 aliphatic rings. The van der Waals surface area contributed by atoms with Crippen LogP contribution in [0.5, 0.6) is 0 Å². The first-order valence-corrected chi connectivity index (χ1v) is 5.20. The normalized spacial score (nSPS) is 10.5. The number of rotatable bonds is 2. The smallest absolute Gasteiger partial charge is 0.294 e. The van der Waals surface area contributed by atoms with E-state index in [1.807, 2.05) is 6.92 Å². The lowest BCUT2D eigenvalue weighted by atomic mass is 10.3. The van der Waals surface area contributed by atoms with Gasteiger partial charge in [-0.15, -0.1) is 11.6 Å². The van der Waals surface area contributed by atoms with Gasteiger partial charge in [-0.05, 0) is 29.8 Å². The van der Waals surface area contributed by atoms with Gasteiger partial charge in [-0.1, -0.05) is 0 Å². The van der Waals surface area contributed by atoms with Gasteiger partial charge in [-0.2, -0.15) is 4.98 Å². The topological polar surface area (TPSA) is 34.9 Å². The van der Waals surface area contributed by atoms with Crippen LogP contribution in [0.3, 0.4) is 0 Å². The predicted molar refractivity (Wildman–Crippen MR) is 56.4 cm³/mol. The predicted octanol–water partition coefficient (Wildman–Crippen LogP) is 1.86. The third kappa shape index (κ3) is 2.11. The van der Waals surface area contributed by atoms with Crippen molar-refractivity contribution in [2.75, 3.05) is 5.88 Å². The highest BCUT2D eigenvalue weighted by Crippen LogP contribution is 2.16. The summed E-state index contributed by atoms with van der Waals surface area (Å²) in [5.74, 6) is 0.415. The molecule has 0 N–H and O–H groups in total. The lowest BCUT2D eigenvalue weighted by Crippen LogP contribution is -2.27. The Kier molecular flexibility index (Phi) is 3.50. The molecule has 0 saturated heterocycles. The minimum atomic E-state index is -0.237. The highest BCUT2D eigenvalue weighted by Gasteiger charge is 2.07. The molecule has 0 unspecified atom stereocenters. The van der Waals surface area contributed by atoms with Gasteiger partial charge < -0.3 is 0 Å². The van der Waals surface area contributed by atoms with Crippen LogP contribution in [0.2, 0.25) is 0 Å². The second-order valence-electron chi connectivity index (χ2n) is 2.72. The number of aryl methyl sites for hydroxylation is 1. The van der Waals surface area contributed by atoms with Crippen molar-refractivity contribution >= 4 is 27.5 Å². The Labute approximate surface area is 89.9 Å². The van der Waals surface area contributed by atoms with Gasteiger partial charge in [-0.25, -0.2) is 4.79 Å². The van der Waals surface area contributed by atoms with E-state index in [1.165, 1.54) is 0 Å². The molecule has 0 fully saturated rings. The van der Waals surface area contributed by atoms with E-state index in [4.69, 9.17) is 11.6 Å². The van der Waals surface area contributed by atoms with E-state index in [1.54, 1.807) is 11.5 Å². The highest BCUT2D eigenvalue weighted by atomic mass is 79.9. The zero-order valence-electron chi connectivity index (χ0n) is 7.47. The molecular weight excluding hydrogens is 255 g/mol. The van der Waals surface area contributed by atoms with Crippen molar-refractivity contribution in [1.82, 2.24) is 9.55 Å². The third-order valence-corrected chi connectivity index (χ3v) is 3.16. The van der Waals surface area contributed by atoms with Gasteiger partial charge in [-0.3, -0.25) is 4.57 Å². The zero-order chi connectivity index (χ0) is 10.0. The van der Waals surface area contributed by atoms with Gasteiger partial charge in [0, 0.05) is 18.1 Å². The van der Waals surface area contributed by atoms with Crippen LogP contribution in [-0.4, -0.2) is 15.4 Å². The van der Waals surface area contributed by atoms with Crippen molar-refractivity contribution in [2.24, 2.45) is 0 Å². The fourth-order valence-corrected chi connectivity index (χ4v) is 1.60. The summed E-state index contributed by atoms with van der Waals surface area (Å²) in [4.78, 5) is 15.2. The second kappa shape index (κ2) is 4.24. The van der Waals surface area contributed by atoms with E-state index in [-0.39, 0.29) is 5.69 Å². The summed E-state index contributed by atoms with van der Waals surface area (Å²) in [6.07, 6.45) is 0. The van der Waals surface area contributed by atoms with E-state index >= 15 is 0 Å². The van der Waals surface area contributed by atoms with Crippen molar-refractivity contribution in [3.8, 4) is 0 Å². The molecule has 0 aromatic carbocycles. The summed E-state index contributed by atoms with van der Waals surface area (Å²) >= 11 is 8.94. The average molecular weight is 266 g/mol. The third-order valence-electron chi connectivity index (χ3n) is 1.84. The van der Waals surface area contributed by atoms with Crippen molar-refractivity contribution in [2.45, 2.75) is 20.4 Å². The number of nitrogens with zero attached hydrogens (tertiary/aromatic N) is 2. The molecule has 0 aliphatic heterocycles. The Morgan fingerprint density at radius 1 is 1.54 bits per heavy atom. The molecule has 13 heavy (non-hydrogen) atoms. The van der Waals surface area contributed by atoms with E-state index in [0.29, 0.717) is 18.1 Å². The summed E-state index contributed by atoms with van der Waals surface area (Å²) in [5.41, 5.74) is 1.35. The van der Waals surface area contributed by atoms with Crippen molar-refractivity contribution in [3.63, 3.8) is 0 Å². The SMILES string of the molecule is Cc1nc(=O)n(CCCl)c(C)c1Br. The van der Waals surface area contributed by atoms with E-state index in [0.717, 1.165) is 10.2 Å². The van der Waals surface area contributed by atoms with Crippen molar-refractivity contribution < 1.29 is 0 Å². The molecule has 1 aromatic heterocycles. The molecule has 5 heteroatoms. The van der Waals surface area contributed by atoms with Gasteiger partial charge >= 0.3 is 5.69 Å². The molecule has 3 nitrogen and oxygen atoms in total. The molecule has 0 bridgehead atoms. The minimum absolute atomic E-state index is 0.237. The van der Waals surface area contributed by atoms with Crippen LogP contribution in [0.15, 0.2) is 9.27 Å². The first-order chi connectivity index (χ1) is 6.07. The van der Waals surface area contributed by atoms with E-state index in [2.05, 4.69) is 20.9 Å². The average Bonchev–Trinajstić information content (AvgIpc) is 2.09. The maximum atomic E-state index is 11.4. The molecule has 0 aliphatic carbocycles. The summed E-state index contributed by atoms with van der Waals surface area (Å²) in [7, 11) is 0. The van der Waals surface area contributed by atoms with Crippen LogP contribution >= 0.6 is 27.5 Å². The molecule has 1 rings (SSSR count). The molecule has 0 spiro atoms. The van der Waals surface area contributed by atoms with Crippen LogP contribution < -0.4 is 5.69 Å². The van der Waals surface area contributed by atoms with Gasteiger partial charge in [0.2, 0.25) is 0 Å². The first kappa shape index (κ1) is 10.7. The number of aromatic nitrogens is 2. The first-order valence-electron chi connectivity index (χ1n) is 3.87. The highest BCUT2D eigenvalue weighted by molar-refractivity contribution is 9.10. The Hall–Kier alpha value is -0.350. The number of hydrogen-bond donors (Lipinski definition) is 0. The molecule has 72 valence electrons. The lowest BCUT2D eigenvalue weighted by molar-refractivity contribution is 0.668. The van der Waals surface area contributed by atoms with Crippen molar-refractivity contribution in [1.29, 1.82) is 0 Å². The molecule has 0 radical (unpaired) electrons. The van der Waals surface area contributed by atoms with E-state index in [9.17, 15) is 4.79 Å². The number of hydrogen-bond acceptors (Lipinski definition) is 2. The summed E-state index contributed by atoms with van der Waals surface area (Å²) in [6, 6.07) is 0.